The van der Waals surface area contributed by atoms with Gasteiger partial charge in [-0.2, -0.15) is 14.7 Å². The summed E-state index contributed by atoms with van der Waals surface area (Å²) in [4.78, 5) is 4.91. The molecule has 3 aromatic rings. The van der Waals surface area contributed by atoms with Gasteiger partial charge in [0.05, 0.1) is 12.4 Å². The minimum atomic E-state index is 0.165. The van der Waals surface area contributed by atoms with Gasteiger partial charge in [-0.15, -0.1) is 0 Å². The zero-order chi connectivity index (χ0) is 18.3. The Morgan fingerprint density at radius 2 is 2.23 bits per heavy atom. The molecule has 1 fully saturated rings. The van der Waals surface area contributed by atoms with Crippen LogP contribution in [0.15, 0.2) is 24.7 Å². The molecule has 4 heterocycles. The Morgan fingerprint density at radius 1 is 1.38 bits per heavy atom. The van der Waals surface area contributed by atoms with Crippen LogP contribution in [0.25, 0.3) is 16.8 Å². The molecule has 0 saturated carbocycles. The second-order valence-electron chi connectivity index (χ2n) is 7.34. The standard InChI is InChI=1S/C18H22BN7/c1-12(13-4-3-5-19(7-13)11-20)16-6-17(21)26-18(24-16)15(9-23-26)14-8-22-25(2)10-14/h6,8-10,12-13H,3-5,7,21H2,1-2H3. The van der Waals surface area contributed by atoms with Gasteiger partial charge < -0.3 is 5.73 Å². The fraction of sp³-hybridized carbons (Fsp3) is 0.444. The highest BCUT2D eigenvalue weighted by Gasteiger charge is 2.30. The quantitative estimate of drug-likeness (QED) is 0.735. The number of rotatable bonds is 3. The molecule has 132 valence electrons. The minimum Gasteiger partial charge on any atom is -0.384 e. The van der Waals surface area contributed by atoms with Gasteiger partial charge in [-0.05, 0) is 5.92 Å². The first-order valence-corrected chi connectivity index (χ1v) is 9.09. The Balaban J connectivity index is 1.73. The number of nitriles is 1. The summed E-state index contributed by atoms with van der Waals surface area (Å²) in [6.45, 7) is 2.36. The summed E-state index contributed by atoms with van der Waals surface area (Å²) in [5.74, 6) is 3.75. The Hall–Kier alpha value is -2.82. The molecule has 0 aliphatic carbocycles. The summed E-state index contributed by atoms with van der Waals surface area (Å²) in [7, 11) is 1.89. The molecule has 0 spiro atoms. The van der Waals surface area contributed by atoms with Gasteiger partial charge in [-0.3, -0.25) is 4.68 Å². The summed E-state index contributed by atoms with van der Waals surface area (Å²) in [5, 5.41) is 17.9. The molecule has 4 rings (SSSR count). The molecule has 2 N–H and O–H groups in total. The Morgan fingerprint density at radius 3 is 2.96 bits per heavy atom. The summed E-state index contributed by atoms with van der Waals surface area (Å²) in [5.41, 5.74) is 9.90. The van der Waals surface area contributed by atoms with Crippen LogP contribution in [0, 0.1) is 17.1 Å². The van der Waals surface area contributed by atoms with Gasteiger partial charge >= 0.3 is 0 Å². The molecule has 8 heteroatoms. The smallest absolute Gasteiger partial charge is 0.268 e. The van der Waals surface area contributed by atoms with Crippen LogP contribution in [0.2, 0.25) is 12.6 Å². The maximum atomic E-state index is 9.28. The average molecular weight is 347 g/mol. The lowest BCUT2D eigenvalue weighted by Crippen LogP contribution is -2.25. The van der Waals surface area contributed by atoms with Gasteiger partial charge in [0.1, 0.15) is 5.82 Å². The van der Waals surface area contributed by atoms with Gasteiger partial charge in [-0.25, -0.2) is 10.2 Å². The van der Waals surface area contributed by atoms with E-state index < -0.39 is 0 Å². The van der Waals surface area contributed by atoms with E-state index in [1.807, 2.05) is 25.5 Å². The molecule has 2 unspecified atom stereocenters. The lowest BCUT2D eigenvalue weighted by Gasteiger charge is -2.28. The molecule has 2 atom stereocenters. The Bertz CT molecular complexity index is 983. The molecule has 0 bridgehead atoms. The number of aromatic nitrogens is 5. The maximum Gasteiger partial charge on any atom is 0.268 e. The molecule has 3 aromatic heterocycles. The molecule has 7 nitrogen and oxygen atoms in total. The topological polar surface area (TPSA) is 97.8 Å². The number of aryl methyl sites for hydroxylation is 1. The van der Waals surface area contributed by atoms with Crippen molar-refractivity contribution in [1.82, 2.24) is 24.4 Å². The first-order chi connectivity index (χ1) is 12.6. The van der Waals surface area contributed by atoms with Gasteiger partial charge in [0, 0.05) is 48.0 Å². The number of hydrogen-bond acceptors (Lipinski definition) is 5. The van der Waals surface area contributed by atoms with Crippen LogP contribution in [0.3, 0.4) is 0 Å². The first-order valence-electron chi connectivity index (χ1n) is 9.09. The second-order valence-corrected chi connectivity index (χ2v) is 7.34. The van der Waals surface area contributed by atoms with Gasteiger partial charge in [0.15, 0.2) is 5.65 Å². The number of hydrogen-bond donors (Lipinski definition) is 1. The third-order valence-corrected chi connectivity index (χ3v) is 5.61. The van der Waals surface area contributed by atoms with Crippen molar-refractivity contribution in [2.24, 2.45) is 13.0 Å². The number of fused-ring (bicyclic) bond motifs is 1. The molecular weight excluding hydrogens is 325 g/mol. The zero-order valence-corrected chi connectivity index (χ0v) is 15.1. The number of nitrogens with zero attached hydrogens (tertiary/aromatic N) is 6. The molecule has 0 aromatic carbocycles. The van der Waals surface area contributed by atoms with Crippen LogP contribution < -0.4 is 5.73 Å². The molecule has 1 aliphatic heterocycles. The normalized spacial score (nSPS) is 18.8. The van der Waals surface area contributed by atoms with Crippen molar-refractivity contribution in [3.05, 3.63) is 30.4 Å². The molecule has 0 radical (unpaired) electrons. The van der Waals surface area contributed by atoms with Crippen LogP contribution in [-0.4, -0.2) is 31.1 Å². The highest BCUT2D eigenvalue weighted by Crippen LogP contribution is 2.37. The first kappa shape index (κ1) is 16.6. The second kappa shape index (κ2) is 6.48. The molecular formula is C18H22BN7. The van der Waals surface area contributed by atoms with Crippen LogP contribution in [-0.2, 0) is 7.05 Å². The van der Waals surface area contributed by atoms with Crippen LogP contribution in [0.5, 0.6) is 0 Å². The van der Waals surface area contributed by atoms with Crippen LogP contribution in [0.4, 0.5) is 5.82 Å². The van der Waals surface area contributed by atoms with Crippen molar-refractivity contribution in [1.29, 1.82) is 5.26 Å². The maximum absolute atomic E-state index is 9.28. The number of nitrogens with two attached hydrogens (primary N) is 1. The highest BCUT2D eigenvalue weighted by molar-refractivity contribution is 6.67. The summed E-state index contributed by atoms with van der Waals surface area (Å²) < 4.78 is 3.44. The van der Waals surface area contributed by atoms with Crippen molar-refractivity contribution in [3.63, 3.8) is 0 Å². The third kappa shape index (κ3) is 2.83. The van der Waals surface area contributed by atoms with Crippen LogP contribution in [0.1, 0.15) is 31.4 Å². The van der Waals surface area contributed by atoms with Gasteiger partial charge in [0.2, 0.25) is 0 Å². The fourth-order valence-electron chi connectivity index (χ4n) is 4.04. The molecule has 1 saturated heterocycles. The Kier molecular flexibility index (Phi) is 4.15. The van der Waals surface area contributed by atoms with Crippen molar-refractivity contribution in [3.8, 4) is 17.1 Å². The lowest BCUT2D eigenvalue weighted by molar-refractivity contribution is 0.424. The number of nitrogen functional groups attached to an aromatic ring is 1. The number of anilines is 1. The highest BCUT2D eigenvalue weighted by atomic mass is 15.3. The van der Waals surface area contributed by atoms with E-state index in [4.69, 9.17) is 10.7 Å². The van der Waals surface area contributed by atoms with E-state index in [0.717, 1.165) is 47.9 Å². The minimum absolute atomic E-state index is 0.165. The predicted molar refractivity (Wildman–Crippen MR) is 102 cm³/mol. The predicted octanol–water partition coefficient (Wildman–Crippen LogP) is 2.78. The lowest BCUT2D eigenvalue weighted by atomic mass is 9.40. The van der Waals surface area contributed by atoms with E-state index in [1.54, 1.807) is 15.4 Å². The summed E-state index contributed by atoms with van der Waals surface area (Å²) >= 11 is 0. The van der Waals surface area contributed by atoms with E-state index in [0.29, 0.717) is 11.7 Å². The molecule has 0 amide bonds. The van der Waals surface area contributed by atoms with Crippen LogP contribution >= 0.6 is 0 Å². The summed E-state index contributed by atoms with van der Waals surface area (Å²) in [6.07, 6.45) is 9.75. The van der Waals surface area contributed by atoms with E-state index in [1.165, 1.54) is 0 Å². The van der Waals surface area contributed by atoms with Gasteiger partial charge in [0.25, 0.3) is 6.71 Å². The monoisotopic (exact) mass is 347 g/mol. The van der Waals surface area contributed by atoms with Crippen molar-refractivity contribution >= 4 is 18.2 Å². The molecule has 1 aliphatic rings. The third-order valence-electron chi connectivity index (χ3n) is 5.61. The van der Waals surface area contributed by atoms with Gasteiger partial charge in [-0.1, -0.05) is 32.4 Å². The zero-order valence-electron chi connectivity index (χ0n) is 15.1. The Labute approximate surface area is 152 Å². The largest absolute Gasteiger partial charge is 0.384 e. The van der Waals surface area contributed by atoms with Crippen molar-refractivity contribution in [2.75, 3.05) is 5.73 Å². The SMILES string of the molecule is CC(c1cc(N)n2ncc(-c3cnn(C)c3)c2n1)C1CCCB(C#N)C1. The fourth-order valence-corrected chi connectivity index (χ4v) is 4.04. The molecule has 26 heavy (non-hydrogen) atoms. The van der Waals surface area contributed by atoms with Crippen molar-refractivity contribution < 1.29 is 0 Å². The van der Waals surface area contributed by atoms with E-state index in [9.17, 15) is 5.26 Å². The van der Waals surface area contributed by atoms with Crippen molar-refractivity contribution in [2.45, 2.75) is 38.3 Å². The average Bonchev–Trinajstić information content (AvgIpc) is 3.27. The van der Waals surface area contributed by atoms with E-state index in [-0.39, 0.29) is 12.6 Å². The van der Waals surface area contributed by atoms with E-state index in [2.05, 4.69) is 23.1 Å². The summed E-state index contributed by atoms with van der Waals surface area (Å²) in [6, 6.07) is 1.92. The van der Waals surface area contributed by atoms with E-state index >= 15 is 0 Å².